The van der Waals surface area contributed by atoms with Crippen molar-refractivity contribution in [2.24, 2.45) is 0 Å². The molecule has 0 fully saturated rings. The van der Waals surface area contributed by atoms with E-state index in [4.69, 9.17) is 0 Å². The van der Waals surface area contributed by atoms with Crippen LogP contribution in [0.15, 0.2) is 64.8 Å². The summed E-state index contributed by atoms with van der Waals surface area (Å²) in [7, 11) is -3.54. The fourth-order valence-electron chi connectivity index (χ4n) is 3.85. The highest BCUT2D eigenvalue weighted by Crippen LogP contribution is 2.32. The Kier molecular flexibility index (Phi) is 6.31. The molecule has 1 aliphatic rings. The zero-order valence-corrected chi connectivity index (χ0v) is 19.2. The maximum absolute atomic E-state index is 13.1. The standard InChI is InChI=1S/C23H25N3O3S2/c1-17(2)30-19-3-5-20(6-4-19)31(28,29)26-11-8-18(9-12-26)22-16-25(13-14-27)23-15-24-10-7-21(22)23/h3-8,10,14-17H,9,11-13H2,1-2H3. The van der Waals surface area contributed by atoms with Gasteiger partial charge in [0.25, 0.3) is 0 Å². The molecule has 6 nitrogen and oxygen atoms in total. The number of rotatable bonds is 7. The SMILES string of the molecule is CC(C)Sc1ccc(S(=O)(=O)N2CC=C(c3cn(CC=O)c4cnccc34)CC2)cc1. The van der Waals surface area contributed by atoms with Crippen molar-refractivity contribution in [2.75, 3.05) is 13.1 Å². The predicted molar refractivity (Wildman–Crippen MR) is 125 cm³/mol. The van der Waals surface area contributed by atoms with Gasteiger partial charge in [-0.25, -0.2) is 8.42 Å². The number of fused-ring (bicyclic) bond motifs is 1. The highest BCUT2D eigenvalue weighted by molar-refractivity contribution is 7.99. The van der Waals surface area contributed by atoms with Crippen LogP contribution in [-0.2, 0) is 21.4 Å². The van der Waals surface area contributed by atoms with E-state index < -0.39 is 10.0 Å². The fraction of sp³-hybridized carbons (Fsp3) is 0.304. The molecule has 0 radical (unpaired) electrons. The molecule has 0 aliphatic carbocycles. The van der Waals surface area contributed by atoms with Crippen molar-refractivity contribution in [3.63, 3.8) is 0 Å². The second kappa shape index (κ2) is 8.98. The number of hydrogen-bond donors (Lipinski definition) is 0. The number of nitrogens with zero attached hydrogens (tertiary/aromatic N) is 3. The van der Waals surface area contributed by atoms with Crippen molar-refractivity contribution in [1.82, 2.24) is 13.9 Å². The number of thioether (sulfide) groups is 1. The van der Waals surface area contributed by atoms with Crippen LogP contribution >= 0.6 is 11.8 Å². The Labute approximate surface area is 187 Å². The monoisotopic (exact) mass is 455 g/mol. The van der Waals surface area contributed by atoms with E-state index in [0.717, 1.165) is 33.2 Å². The number of hydrogen-bond acceptors (Lipinski definition) is 5. The number of benzene rings is 1. The average Bonchev–Trinajstić information content (AvgIpc) is 3.13. The van der Waals surface area contributed by atoms with E-state index in [-0.39, 0.29) is 6.54 Å². The van der Waals surface area contributed by atoms with Crippen LogP contribution in [-0.4, -0.2) is 46.9 Å². The first-order valence-corrected chi connectivity index (χ1v) is 12.5. The molecular weight excluding hydrogens is 430 g/mol. The van der Waals surface area contributed by atoms with Gasteiger partial charge in [-0.3, -0.25) is 4.98 Å². The minimum Gasteiger partial charge on any atom is -0.338 e. The summed E-state index contributed by atoms with van der Waals surface area (Å²) in [6.45, 7) is 5.23. The predicted octanol–water partition coefficient (Wildman–Crippen LogP) is 4.21. The minimum absolute atomic E-state index is 0.265. The molecule has 2 aromatic heterocycles. The van der Waals surface area contributed by atoms with Gasteiger partial charge in [0.05, 0.1) is 23.2 Å². The van der Waals surface area contributed by atoms with Crippen molar-refractivity contribution >= 4 is 44.5 Å². The van der Waals surface area contributed by atoms with Crippen molar-refractivity contribution in [3.05, 3.63) is 60.6 Å². The van der Waals surface area contributed by atoms with Crippen LogP contribution in [0.1, 0.15) is 25.8 Å². The molecule has 162 valence electrons. The summed E-state index contributed by atoms with van der Waals surface area (Å²) in [4.78, 5) is 16.6. The summed E-state index contributed by atoms with van der Waals surface area (Å²) in [5, 5.41) is 1.47. The molecule has 0 N–H and O–H groups in total. The smallest absolute Gasteiger partial charge is 0.243 e. The van der Waals surface area contributed by atoms with Gasteiger partial charge in [-0.05, 0) is 42.3 Å². The second-order valence-electron chi connectivity index (χ2n) is 7.74. The Bertz CT molecular complexity index is 1230. The third-order valence-electron chi connectivity index (χ3n) is 5.31. The summed E-state index contributed by atoms with van der Waals surface area (Å²) in [6.07, 6.45) is 8.91. The van der Waals surface area contributed by atoms with Gasteiger partial charge in [0.1, 0.15) is 6.29 Å². The number of aldehydes is 1. The van der Waals surface area contributed by atoms with E-state index in [9.17, 15) is 13.2 Å². The highest BCUT2D eigenvalue weighted by Gasteiger charge is 2.27. The van der Waals surface area contributed by atoms with Crippen LogP contribution in [0.4, 0.5) is 0 Å². The maximum atomic E-state index is 13.1. The molecule has 0 unspecified atom stereocenters. The zero-order valence-electron chi connectivity index (χ0n) is 17.6. The first-order valence-electron chi connectivity index (χ1n) is 10.2. The third kappa shape index (κ3) is 4.46. The average molecular weight is 456 g/mol. The number of aromatic nitrogens is 2. The van der Waals surface area contributed by atoms with Gasteiger partial charge in [0, 0.05) is 46.6 Å². The van der Waals surface area contributed by atoms with Crippen LogP contribution in [0.2, 0.25) is 0 Å². The molecular formula is C23H25N3O3S2. The topological polar surface area (TPSA) is 72.3 Å². The molecule has 3 aromatic rings. The van der Waals surface area contributed by atoms with Crippen molar-refractivity contribution in [2.45, 2.75) is 41.9 Å². The van der Waals surface area contributed by atoms with Crippen molar-refractivity contribution in [3.8, 4) is 0 Å². The van der Waals surface area contributed by atoms with Crippen molar-refractivity contribution in [1.29, 1.82) is 0 Å². The minimum atomic E-state index is -3.54. The Morgan fingerprint density at radius 3 is 2.61 bits per heavy atom. The quantitative estimate of drug-likeness (QED) is 0.394. The molecule has 0 spiro atoms. The van der Waals surface area contributed by atoms with Crippen molar-refractivity contribution < 1.29 is 13.2 Å². The van der Waals surface area contributed by atoms with E-state index in [1.54, 1.807) is 36.3 Å². The lowest BCUT2D eigenvalue weighted by atomic mass is 10.0. The molecule has 8 heteroatoms. The van der Waals surface area contributed by atoms with Gasteiger partial charge in [-0.2, -0.15) is 4.31 Å². The normalized spacial score (nSPS) is 15.4. The number of pyridine rings is 1. The maximum Gasteiger partial charge on any atom is 0.243 e. The molecule has 0 saturated heterocycles. The number of carbonyl (C=O) groups excluding carboxylic acids is 1. The van der Waals surface area contributed by atoms with E-state index in [2.05, 4.69) is 18.8 Å². The van der Waals surface area contributed by atoms with Gasteiger partial charge in [-0.15, -0.1) is 11.8 Å². The number of carbonyl (C=O) groups is 1. The Balaban J connectivity index is 1.57. The Hall–Kier alpha value is -2.42. The van der Waals surface area contributed by atoms with E-state index in [1.165, 1.54) is 4.31 Å². The summed E-state index contributed by atoms with van der Waals surface area (Å²) < 4.78 is 29.6. The first kappa shape index (κ1) is 21.8. The molecule has 0 amide bonds. The van der Waals surface area contributed by atoms with Gasteiger partial charge in [0.15, 0.2) is 0 Å². The van der Waals surface area contributed by atoms with E-state index >= 15 is 0 Å². The molecule has 3 heterocycles. The molecule has 1 aromatic carbocycles. The lowest BCUT2D eigenvalue weighted by Crippen LogP contribution is -2.34. The zero-order chi connectivity index (χ0) is 22.0. The summed E-state index contributed by atoms with van der Waals surface area (Å²) in [6, 6.07) is 9.07. The van der Waals surface area contributed by atoms with Crippen LogP contribution in [0.3, 0.4) is 0 Å². The van der Waals surface area contributed by atoms with E-state index in [0.29, 0.717) is 29.7 Å². The molecule has 0 atom stereocenters. The van der Waals surface area contributed by atoms with Crippen LogP contribution < -0.4 is 0 Å². The number of sulfonamides is 1. The fourth-order valence-corrected chi connectivity index (χ4v) is 6.07. The summed E-state index contributed by atoms with van der Waals surface area (Å²) in [5.74, 6) is 0. The van der Waals surface area contributed by atoms with Gasteiger partial charge in [0.2, 0.25) is 10.0 Å². The van der Waals surface area contributed by atoms with Gasteiger partial charge < -0.3 is 9.36 Å². The lowest BCUT2D eigenvalue weighted by Gasteiger charge is -2.26. The van der Waals surface area contributed by atoms with Gasteiger partial charge in [-0.1, -0.05) is 19.9 Å². The molecule has 31 heavy (non-hydrogen) atoms. The van der Waals surface area contributed by atoms with Crippen LogP contribution in [0.5, 0.6) is 0 Å². The largest absolute Gasteiger partial charge is 0.338 e. The Morgan fingerprint density at radius 1 is 1.19 bits per heavy atom. The molecule has 4 rings (SSSR count). The van der Waals surface area contributed by atoms with E-state index in [1.807, 2.05) is 35.0 Å². The lowest BCUT2D eigenvalue weighted by molar-refractivity contribution is -0.108. The highest BCUT2D eigenvalue weighted by atomic mass is 32.2. The molecule has 0 saturated carbocycles. The molecule has 0 bridgehead atoms. The van der Waals surface area contributed by atoms with Crippen LogP contribution in [0, 0.1) is 0 Å². The third-order valence-corrected chi connectivity index (χ3v) is 8.20. The molecule has 1 aliphatic heterocycles. The summed E-state index contributed by atoms with van der Waals surface area (Å²) in [5.41, 5.74) is 3.03. The first-order chi connectivity index (χ1) is 14.9. The Morgan fingerprint density at radius 2 is 1.97 bits per heavy atom. The second-order valence-corrected chi connectivity index (χ2v) is 11.3. The van der Waals surface area contributed by atoms with Crippen LogP contribution in [0.25, 0.3) is 16.5 Å². The summed E-state index contributed by atoms with van der Waals surface area (Å²) >= 11 is 1.71. The van der Waals surface area contributed by atoms with Gasteiger partial charge >= 0.3 is 0 Å².